The summed E-state index contributed by atoms with van der Waals surface area (Å²) in [6.45, 7) is 1.71. The van der Waals surface area contributed by atoms with Crippen LogP contribution in [-0.2, 0) is 20.7 Å². The normalized spacial score (nSPS) is 15.9. The number of benzene rings is 3. The molecule has 0 N–H and O–H groups in total. The van der Waals surface area contributed by atoms with E-state index in [4.69, 9.17) is 32.1 Å². The highest BCUT2D eigenvalue weighted by atomic mass is 35.5. The molecule has 4 nitrogen and oxygen atoms in total. The van der Waals surface area contributed by atoms with Gasteiger partial charge in [0.05, 0.1) is 14.9 Å². The third-order valence-corrected chi connectivity index (χ3v) is 7.03. The van der Waals surface area contributed by atoms with Gasteiger partial charge in [0, 0.05) is 11.1 Å². The van der Waals surface area contributed by atoms with Crippen molar-refractivity contribution in [3.05, 3.63) is 81.6 Å². The molecule has 1 unspecified atom stereocenters. The molecule has 3 aromatic carbocycles. The van der Waals surface area contributed by atoms with E-state index < -0.39 is 22.0 Å². The van der Waals surface area contributed by atoms with Gasteiger partial charge in [-0.1, -0.05) is 47.0 Å². The fraction of sp³-hybridized carbons (Fsp3) is 0.217. The molecule has 0 saturated carbocycles. The topological polar surface area (TPSA) is 52.6 Å². The predicted molar refractivity (Wildman–Crippen MR) is 119 cm³/mol. The zero-order valence-corrected chi connectivity index (χ0v) is 18.9. The van der Waals surface area contributed by atoms with Crippen molar-refractivity contribution in [2.45, 2.75) is 30.8 Å². The van der Waals surface area contributed by atoms with Gasteiger partial charge in [-0.2, -0.15) is 8.42 Å². The van der Waals surface area contributed by atoms with E-state index in [-0.39, 0.29) is 11.5 Å². The molecule has 0 aliphatic carbocycles. The summed E-state index contributed by atoms with van der Waals surface area (Å²) in [5, 5.41) is 0.730. The first kappa shape index (κ1) is 22.1. The highest BCUT2D eigenvalue weighted by Crippen LogP contribution is 2.44. The van der Waals surface area contributed by atoms with Gasteiger partial charge in [-0.15, -0.1) is 0 Å². The maximum atomic E-state index is 14.3. The van der Waals surface area contributed by atoms with E-state index in [9.17, 15) is 12.8 Å². The Morgan fingerprint density at radius 1 is 1.10 bits per heavy atom. The van der Waals surface area contributed by atoms with Gasteiger partial charge in [-0.25, -0.2) is 4.39 Å². The predicted octanol–water partition coefficient (Wildman–Crippen LogP) is 6.21. The average Bonchev–Trinajstić information content (AvgIpc) is 2.72. The molecule has 0 amide bonds. The van der Waals surface area contributed by atoms with Crippen LogP contribution < -0.4 is 4.74 Å². The molecule has 0 radical (unpaired) electrons. The van der Waals surface area contributed by atoms with Gasteiger partial charge in [0.15, 0.2) is 0 Å². The summed E-state index contributed by atoms with van der Waals surface area (Å²) in [7, 11) is -3.92. The number of fused-ring (bicyclic) bond motifs is 1. The van der Waals surface area contributed by atoms with Crippen LogP contribution in [0.1, 0.15) is 17.5 Å². The van der Waals surface area contributed by atoms with Crippen LogP contribution in [0.15, 0.2) is 59.5 Å². The van der Waals surface area contributed by atoms with Crippen LogP contribution in [0.3, 0.4) is 0 Å². The molecule has 31 heavy (non-hydrogen) atoms. The lowest BCUT2D eigenvalue weighted by atomic mass is 9.95. The number of halogens is 3. The Labute approximate surface area is 190 Å². The molecule has 162 valence electrons. The molecule has 0 fully saturated rings. The molecule has 4 rings (SSSR count). The van der Waals surface area contributed by atoms with Gasteiger partial charge < -0.3 is 4.74 Å². The SMILES string of the molecule is Cc1ccc(S(=O)(=O)OCC2CCc3cc(F)cc(-c4c(Cl)cccc4Cl)c3O2)cc1. The third kappa shape index (κ3) is 4.72. The van der Waals surface area contributed by atoms with Crippen LogP contribution in [0.25, 0.3) is 11.1 Å². The maximum Gasteiger partial charge on any atom is 0.297 e. The van der Waals surface area contributed by atoms with E-state index in [1.807, 2.05) is 6.92 Å². The molecule has 0 aromatic heterocycles. The van der Waals surface area contributed by atoms with Gasteiger partial charge in [-0.3, -0.25) is 4.18 Å². The average molecular weight is 481 g/mol. The van der Waals surface area contributed by atoms with E-state index in [1.165, 1.54) is 24.3 Å². The van der Waals surface area contributed by atoms with E-state index >= 15 is 0 Å². The number of rotatable bonds is 5. The van der Waals surface area contributed by atoms with Gasteiger partial charge in [0.25, 0.3) is 10.1 Å². The first-order chi connectivity index (χ1) is 14.7. The van der Waals surface area contributed by atoms with Crippen molar-refractivity contribution >= 4 is 33.3 Å². The molecule has 1 atom stereocenters. The monoisotopic (exact) mass is 480 g/mol. The summed E-state index contributed by atoms with van der Waals surface area (Å²) in [6, 6.07) is 14.2. The largest absolute Gasteiger partial charge is 0.487 e. The third-order valence-electron chi connectivity index (χ3n) is 5.10. The smallest absolute Gasteiger partial charge is 0.297 e. The van der Waals surface area contributed by atoms with Crippen molar-refractivity contribution in [2.75, 3.05) is 6.61 Å². The number of aryl methyl sites for hydroxylation is 2. The van der Waals surface area contributed by atoms with Crippen LogP contribution in [0.5, 0.6) is 5.75 Å². The molecule has 0 saturated heterocycles. The number of hydrogen-bond acceptors (Lipinski definition) is 4. The van der Waals surface area contributed by atoms with Crippen molar-refractivity contribution in [3.8, 4) is 16.9 Å². The van der Waals surface area contributed by atoms with Crippen molar-refractivity contribution < 1.29 is 21.7 Å². The van der Waals surface area contributed by atoms with Crippen molar-refractivity contribution in [3.63, 3.8) is 0 Å². The number of hydrogen-bond donors (Lipinski definition) is 0. The number of ether oxygens (including phenoxy) is 1. The Morgan fingerprint density at radius 3 is 2.45 bits per heavy atom. The Bertz CT molecular complexity index is 1210. The Hall–Kier alpha value is -2.12. The molecule has 8 heteroatoms. The van der Waals surface area contributed by atoms with Crippen LogP contribution in [0.4, 0.5) is 4.39 Å². The molecular formula is C23H19Cl2FO4S. The minimum absolute atomic E-state index is 0.0833. The van der Waals surface area contributed by atoms with E-state index in [0.717, 1.165) is 5.56 Å². The Kier molecular flexibility index (Phi) is 6.26. The molecular weight excluding hydrogens is 462 g/mol. The Balaban J connectivity index is 1.59. The minimum Gasteiger partial charge on any atom is -0.487 e. The first-order valence-electron chi connectivity index (χ1n) is 9.64. The fourth-order valence-corrected chi connectivity index (χ4v) is 5.05. The van der Waals surface area contributed by atoms with Gasteiger partial charge in [0.2, 0.25) is 0 Å². The lowest BCUT2D eigenvalue weighted by Gasteiger charge is -2.28. The summed E-state index contributed by atoms with van der Waals surface area (Å²) in [5.41, 5.74) is 2.51. The van der Waals surface area contributed by atoms with E-state index in [1.54, 1.807) is 30.3 Å². The van der Waals surface area contributed by atoms with Gasteiger partial charge >= 0.3 is 0 Å². The fourth-order valence-electron chi connectivity index (χ4n) is 3.51. The van der Waals surface area contributed by atoms with Crippen LogP contribution in [0.2, 0.25) is 10.0 Å². The maximum absolute atomic E-state index is 14.3. The van der Waals surface area contributed by atoms with Crippen molar-refractivity contribution in [1.82, 2.24) is 0 Å². The molecule has 1 aliphatic rings. The van der Waals surface area contributed by atoms with Gasteiger partial charge in [-0.05, 0) is 61.7 Å². The lowest BCUT2D eigenvalue weighted by Crippen LogP contribution is -2.29. The second-order valence-electron chi connectivity index (χ2n) is 7.37. The summed E-state index contributed by atoms with van der Waals surface area (Å²) < 4.78 is 50.6. The second kappa shape index (κ2) is 8.79. The van der Waals surface area contributed by atoms with Crippen molar-refractivity contribution in [2.24, 2.45) is 0 Å². The molecule has 0 spiro atoms. The van der Waals surface area contributed by atoms with Gasteiger partial charge in [0.1, 0.15) is 24.3 Å². The summed E-state index contributed by atoms with van der Waals surface area (Å²) in [5.74, 6) is 0.00830. The summed E-state index contributed by atoms with van der Waals surface area (Å²) in [4.78, 5) is 0.0833. The zero-order chi connectivity index (χ0) is 22.2. The summed E-state index contributed by atoms with van der Waals surface area (Å²) >= 11 is 12.7. The highest BCUT2D eigenvalue weighted by molar-refractivity contribution is 7.86. The van der Waals surface area contributed by atoms with Crippen LogP contribution >= 0.6 is 23.2 Å². The molecule has 0 bridgehead atoms. The minimum atomic E-state index is -3.92. The van der Waals surface area contributed by atoms with Crippen LogP contribution in [0, 0.1) is 12.7 Å². The lowest BCUT2D eigenvalue weighted by molar-refractivity contribution is 0.113. The zero-order valence-electron chi connectivity index (χ0n) is 16.6. The standard InChI is InChI=1S/C23H19Cl2FO4S/c1-14-5-9-18(10-6-14)31(27,28)29-13-17-8-7-15-11-16(26)12-19(23(15)30-17)22-20(24)3-2-4-21(22)25/h2-6,9-12,17H,7-8,13H2,1H3. The quantitative estimate of drug-likeness (QED) is 0.407. The second-order valence-corrected chi connectivity index (χ2v) is 9.80. The first-order valence-corrected chi connectivity index (χ1v) is 11.8. The van der Waals surface area contributed by atoms with Crippen LogP contribution in [-0.4, -0.2) is 21.1 Å². The molecule has 1 heterocycles. The van der Waals surface area contributed by atoms with E-state index in [2.05, 4.69) is 0 Å². The van der Waals surface area contributed by atoms with Crippen molar-refractivity contribution in [1.29, 1.82) is 0 Å². The molecule has 1 aliphatic heterocycles. The summed E-state index contributed by atoms with van der Waals surface area (Å²) in [6.07, 6.45) is 0.453. The molecule has 3 aromatic rings. The Morgan fingerprint density at radius 2 is 1.77 bits per heavy atom. The highest BCUT2D eigenvalue weighted by Gasteiger charge is 2.27. The van der Waals surface area contributed by atoms with E-state index in [0.29, 0.717) is 45.3 Å².